The van der Waals surface area contributed by atoms with Crippen LogP contribution >= 0.6 is 15.9 Å². The third-order valence-corrected chi connectivity index (χ3v) is 3.84. The van der Waals surface area contributed by atoms with Gasteiger partial charge >= 0.3 is 0 Å². The van der Waals surface area contributed by atoms with E-state index >= 15 is 0 Å². The predicted octanol–water partition coefficient (Wildman–Crippen LogP) is 3.05. The van der Waals surface area contributed by atoms with Crippen LogP contribution in [-0.2, 0) is 6.42 Å². The largest absolute Gasteiger partial charge is 0.381 e. The Morgan fingerprint density at radius 1 is 1.44 bits per heavy atom. The molecule has 0 saturated heterocycles. The Labute approximate surface area is 114 Å². The number of nitrogens with zero attached hydrogens (tertiary/aromatic N) is 3. The first kappa shape index (κ1) is 11.7. The molecule has 0 spiro atoms. The normalized spacial score (nSPS) is 15.0. The first-order chi connectivity index (χ1) is 8.70. The molecule has 1 aliphatic carbocycles. The molecule has 1 saturated carbocycles. The molecule has 1 fully saturated rings. The summed E-state index contributed by atoms with van der Waals surface area (Å²) in [6, 6.07) is 6.23. The van der Waals surface area contributed by atoms with Crippen molar-refractivity contribution >= 4 is 21.7 Å². The van der Waals surface area contributed by atoms with Gasteiger partial charge in [-0.25, -0.2) is 4.68 Å². The summed E-state index contributed by atoms with van der Waals surface area (Å²) in [5.74, 6) is 1.11. The topological polar surface area (TPSA) is 56.7 Å². The van der Waals surface area contributed by atoms with Crippen molar-refractivity contribution in [1.29, 1.82) is 0 Å². The smallest absolute Gasteiger partial charge is 0.169 e. The number of halogens is 1. The van der Waals surface area contributed by atoms with E-state index < -0.39 is 0 Å². The van der Waals surface area contributed by atoms with Crippen LogP contribution in [0.25, 0.3) is 5.69 Å². The molecule has 18 heavy (non-hydrogen) atoms. The SMILES string of the molecule is CCc1cc(Br)ccc1-n1nnc(N)c1C1CC1. The number of anilines is 1. The molecule has 94 valence electrons. The third-order valence-electron chi connectivity index (χ3n) is 3.35. The number of rotatable bonds is 3. The monoisotopic (exact) mass is 306 g/mol. The Balaban J connectivity index is 2.14. The molecule has 0 radical (unpaired) electrons. The van der Waals surface area contributed by atoms with Gasteiger partial charge in [0, 0.05) is 10.4 Å². The Morgan fingerprint density at radius 3 is 2.89 bits per heavy atom. The van der Waals surface area contributed by atoms with Crippen molar-refractivity contribution in [3.63, 3.8) is 0 Å². The van der Waals surface area contributed by atoms with Gasteiger partial charge in [0.15, 0.2) is 5.82 Å². The van der Waals surface area contributed by atoms with Crippen molar-refractivity contribution < 1.29 is 0 Å². The number of aromatic nitrogens is 3. The van der Waals surface area contributed by atoms with E-state index in [9.17, 15) is 0 Å². The van der Waals surface area contributed by atoms with Crippen molar-refractivity contribution in [3.05, 3.63) is 33.9 Å². The number of nitrogens with two attached hydrogens (primary N) is 1. The average molecular weight is 307 g/mol. The molecule has 4 nitrogen and oxygen atoms in total. The second-order valence-electron chi connectivity index (χ2n) is 4.67. The minimum absolute atomic E-state index is 0.536. The molecule has 3 rings (SSSR count). The van der Waals surface area contributed by atoms with E-state index in [1.165, 1.54) is 18.4 Å². The number of benzene rings is 1. The minimum atomic E-state index is 0.536. The van der Waals surface area contributed by atoms with Crippen LogP contribution in [0.2, 0.25) is 0 Å². The van der Waals surface area contributed by atoms with Crippen LogP contribution < -0.4 is 5.73 Å². The van der Waals surface area contributed by atoms with Crippen LogP contribution in [0.3, 0.4) is 0 Å². The van der Waals surface area contributed by atoms with E-state index in [2.05, 4.69) is 45.3 Å². The molecule has 1 aromatic carbocycles. The zero-order valence-corrected chi connectivity index (χ0v) is 11.8. The minimum Gasteiger partial charge on any atom is -0.381 e. The molecule has 5 heteroatoms. The molecular weight excluding hydrogens is 292 g/mol. The van der Waals surface area contributed by atoms with Gasteiger partial charge < -0.3 is 5.73 Å². The van der Waals surface area contributed by atoms with E-state index in [1.807, 2.05) is 10.7 Å². The number of hydrogen-bond donors (Lipinski definition) is 1. The molecular formula is C13H15BrN4. The van der Waals surface area contributed by atoms with Crippen molar-refractivity contribution in [2.45, 2.75) is 32.1 Å². The summed E-state index contributed by atoms with van der Waals surface area (Å²) in [6.07, 6.45) is 3.34. The maximum atomic E-state index is 5.94. The van der Waals surface area contributed by atoms with Crippen LogP contribution in [0, 0.1) is 0 Å². The molecule has 1 heterocycles. The average Bonchev–Trinajstić information content (AvgIpc) is 3.13. The molecule has 0 aliphatic heterocycles. The summed E-state index contributed by atoms with van der Waals surface area (Å²) in [4.78, 5) is 0. The Bertz CT molecular complexity index is 587. The van der Waals surface area contributed by atoms with E-state index in [0.29, 0.717) is 11.7 Å². The van der Waals surface area contributed by atoms with E-state index in [1.54, 1.807) is 0 Å². The van der Waals surface area contributed by atoms with Crippen LogP contribution in [0.5, 0.6) is 0 Å². The summed E-state index contributed by atoms with van der Waals surface area (Å²) < 4.78 is 3.00. The molecule has 0 atom stereocenters. The van der Waals surface area contributed by atoms with Crippen molar-refractivity contribution in [3.8, 4) is 5.69 Å². The standard InChI is InChI=1S/C13H15BrN4/c1-2-8-7-10(14)5-6-11(8)18-12(9-3-4-9)13(15)16-17-18/h5-7,9H,2-4,15H2,1H3. The summed E-state index contributed by atoms with van der Waals surface area (Å²) in [5.41, 5.74) is 9.35. The summed E-state index contributed by atoms with van der Waals surface area (Å²) in [5, 5.41) is 8.24. The number of aryl methyl sites for hydroxylation is 1. The van der Waals surface area contributed by atoms with Crippen LogP contribution in [0.1, 0.15) is 36.9 Å². The second kappa shape index (κ2) is 4.39. The quantitative estimate of drug-likeness (QED) is 0.948. The molecule has 2 aromatic rings. The molecule has 2 N–H and O–H groups in total. The highest BCUT2D eigenvalue weighted by Gasteiger charge is 2.31. The van der Waals surface area contributed by atoms with Crippen LogP contribution in [0.4, 0.5) is 5.82 Å². The Hall–Kier alpha value is -1.36. The van der Waals surface area contributed by atoms with Gasteiger partial charge in [0.05, 0.1) is 11.4 Å². The van der Waals surface area contributed by atoms with Crippen molar-refractivity contribution in [2.24, 2.45) is 0 Å². The second-order valence-corrected chi connectivity index (χ2v) is 5.59. The Kier molecular flexibility index (Phi) is 2.86. The third kappa shape index (κ3) is 1.92. The van der Waals surface area contributed by atoms with Gasteiger partial charge in [-0.3, -0.25) is 0 Å². The van der Waals surface area contributed by atoms with E-state index in [0.717, 1.165) is 22.3 Å². The van der Waals surface area contributed by atoms with Crippen molar-refractivity contribution in [2.75, 3.05) is 5.73 Å². The lowest BCUT2D eigenvalue weighted by Crippen LogP contribution is -2.05. The highest BCUT2D eigenvalue weighted by atomic mass is 79.9. The molecule has 0 amide bonds. The summed E-state index contributed by atoms with van der Waals surface area (Å²) in [6.45, 7) is 2.14. The van der Waals surface area contributed by atoms with Gasteiger partial charge in [-0.1, -0.05) is 28.1 Å². The van der Waals surface area contributed by atoms with Crippen molar-refractivity contribution in [1.82, 2.24) is 15.0 Å². The lowest BCUT2D eigenvalue weighted by atomic mass is 10.1. The maximum Gasteiger partial charge on any atom is 0.169 e. The lowest BCUT2D eigenvalue weighted by Gasteiger charge is -2.11. The number of hydrogen-bond acceptors (Lipinski definition) is 3. The summed E-state index contributed by atoms with van der Waals surface area (Å²) >= 11 is 3.50. The number of nitrogen functional groups attached to an aromatic ring is 1. The highest BCUT2D eigenvalue weighted by molar-refractivity contribution is 9.10. The highest BCUT2D eigenvalue weighted by Crippen LogP contribution is 2.43. The molecule has 0 bridgehead atoms. The van der Waals surface area contributed by atoms with Gasteiger partial charge in [-0.2, -0.15) is 0 Å². The summed E-state index contributed by atoms with van der Waals surface area (Å²) in [7, 11) is 0. The van der Waals surface area contributed by atoms with E-state index in [4.69, 9.17) is 5.73 Å². The van der Waals surface area contributed by atoms with Crippen LogP contribution in [0.15, 0.2) is 22.7 Å². The van der Waals surface area contributed by atoms with Gasteiger partial charge in [0.25, 0.3) is 0 Å². The first-order valence-corrected chi connectivity index (χ1v) is 7.00. The molecule has 1 aliphatic rings. The Morgan fingerprint density at radius 2 is 2.22 bits per heavy atom. The maximum absolute atomic E-state index is 5.94. The predicted molar refractivity (Wildman–Crippen MR) is 74.8 cm³/mol. The molecule has 0 unspecified atom stereocenters. The van der Waals surface area contributed by atoms with E-state index in [-0.39, 0.29) is 0 Å². The first-order valence-electron chi connectivity index (χ1n) is 6.20. The zero-order valence-electron chi connectivity index (χ0n) is 10.2. The zero-order chi connectivity index (χ0) is 12.7. The van der Waals surface area contributed by atoms with Gasteiger partial charge in [0.2, 0.25) is 0 Å². The van der Waals surface area contributed by atoms with Gasteiger partial charge in [-0.05, 0) is 43.0 Å². The van der Waals surface area contributed by atoms with Gasteiger partial charge in [0.1, 0.15) is 0 Å². The van der Waals surface area contributed by atoms with Crippen LogP contribution in [-0.4, -0.2) is 15.0 Å². The fourth-order valence-corrected chi connectivity index (χ4v) is 2.67. The fraction of sp³-hybridized carbons (Fsp3) is 0.385. The fourth-order valence-electron chi connectivity index (χ4n) is 2.26. The molecule has 1 aromatic heterocycles. The lowest BCUT2D eigenvalue weighted by molar-refractivity contribution is 0.755. The van der Waals surface area contributed by atoms with Gasteiger partial charge in [-0.15, -0.1) is 5.10 Å².